The van der Waals surface area contributed by atoms with E-state index in [1.807, 2.05) is 22.7 Å². The molecule has 0 aliphatic rings. The molecule has 1 unspecified atom stereocenters. The van der Waals surface area contributed by atoms with E-state index in [1.54, 1.807) is 0 Å². The lowest BCUT2D eigenvalue weighted by Gasteiger charge is -2.19. The molecular weight excluding hydrogens is 318 g/mol. The Labute approximate surface area is 147 Å². The second-order valence-corrected chi connectivity index (χ2v) is 7.98. The molecule has 1 nitrogen and oxygen atoms in total. The molecule has 0 fully saturated rings. The molecular formula is C20H25NS2. The topological polar surface area (TPSA) is 4.93 Å². The molecule has 0 radical (unpaired) electrons. The molecule has 0 aromatic carbocycles. The van der Waals surface area contributed by atoms with Crippen molar-refractivity contribution in [2.75, 3.05) is 0 Å². The van der Waals surface area contributed by atoms with Gasteiger partial charge in [-0.2, -0.15) is 0 Å². The van der Waals surface area contributed by atoms with Crippen molar-refractivity contribution in [2.24, 2.45) is 5.92 Å². The second-order valence-electron chi connectivity index (χ2n) is 6.09. The van der Waals surface area contributed by atoms with Crippen LogP contribution in [0.4, 0.5) is 0 Å². The Morgan fingerprint density at radius 3 is 1.96 bits per heavy atom. The molecule has 1 atom stereocenters. The van der Waals surface area contributed by atoms with Crippen LogP contribution in [0, 0.1) is 5.92 Å². The van der Waals surface area contributed by atoms with Gasteiger partial charge in [0.05, 0.1) is 21.1 Å². The first kappa shape index (κ1) is 16.5. The summed E-state index contributed by atoms with van der Waals surface area (Å²) >= 11 is 3.67. The van der Waals surface area contributed by atoms with E-state index in [2.05, 4.69) is 65.6 Å². The van der Waals surface area contributed by atoms with Crippen LogP contribution in [-0.2, 0) is 6.54 Å². The number of rotatable bonds is 8. The van der Waals surface area contributed by atoms with Crippen LogP contribution in [0.15, 0.2) is 47.2 Å². The van der Waals surface area contributed by atoms with Gasteiger partial charge < -0.3 is 4.57 Å². The zero-order chi connectivity index (χ0) is 16.1. The zero-order valence-corrected chi connectivity index (χ0v) is 15.6. The molecule has 122 valence electrons. The Morgan fingerprint density at radius 1 is 0.913 bits per heavy atom. The first-order chi connectivity index (χ1) is 11.3. The fourth-order valence-corrected chi connectivity index (χ4v) is 4.64. The summed E-state index contributed by atoms with van der Waals surface area (Å²) in [5, 5.41) is 4.34. The Balaban J connectivity index is 1.96. The van der Waals surface area contributed by atoms with Gasteiger partial charge >= 0.3 is 0 Å². The van der Waals surface area contributed by atoms with Gasteiger partial charge in [0, 0.05) is 6.54 Å². The lowest BCUT2D eigenvalue weighted by molar-refractivity contribution is 0.395. The average Bonchev–Trinajstić information content (AvgIpc) is 3.31. The van der Waals surface area contributed by atoms with Crippen LogP contribution >= 0.6 is 22.7 Å². The average molecular weight is 344 g/mol. The monoisotopic (exact) mass is 343 g/mol. The van der Waals surface area contributed by atoms with Crippen LogP contribution in [0.25, 0.3) is 21.1 Å². The minimum Gasteiger partial charge on any atom is -0.339 e. The minimum absolute atomic E-state index is 0.764. The van der Waals surface area contributed by atoms with Crippen molar-refractivity contribution in [3.63, 3.8) is 0 Å². The molecule has 23 heavy (non-hydrogen) atoms. The third-order valence-corrected chi connectivity index (χ3v) is 6.30. The number of thiophene rings is 2. The van der Waals surface area contributed by atoms with Gasteiger partial charge in [0.25, 0.3) is 0 Å². The van der Waals surface area contributed by atoms with Crippen LogP contribution in [0.1, 0.15) is 39.5 Å². The van der Waals surface area contributed by atoms with Gasteiger partial charge in [0.2, 0.25) is 0 Å². The van der Waals surface area contributed by atoms with E-state index < -0.39 is 0 Å². The van der Waals surface area contributed by atoms with Gasteiger partial charge in [0.1, 0.15) is 0 Å². The van der Waals surface area contributed by atoms with Crippen molar-refractivity contribution in [1.29, 1.82) is 0 Å². The highest BCUT2D eigenvalue weighted by molar-refractivity contribution is 7.14. The Kier molecular flexibility index (Phi) is 5.74. The van der Waals surface area contributed by atoms with E-state index in [1.165, 1.54) is 46.8 Å². The molecule has 0 aliphatic heterocycles. The van der Waals surface area contributed by atoms with Crippen molar-refractivity contribution in [1.82, 2.24) is 4.57 Å². The summed E-state index contributed by atoms with van der Waals surface area (Å²) in [6.07, 6.45) is 5.21. The summed E-state index contributed by atoms with van der Waals surface area (Å²) in [5.74, 6) is 0.764. The lowest BCUT2D eigenvalue weighted by atomic mass is 9.99. The van der Waals surface area contributed by atoms with Gasteiger partial charge in [0.15, 0.2) is 0 Å². The summed E-state index contributed by atoms with van der Waals surface area (Å²) in [6.45, 7) is 5.75. The quantitative estimate of drug-likeness (QED) is 0.409. The number of aromatic nitrogens is 1. The van der Waals surface area contributed by atoms with E-state index in [-0.39, 0.29) is 0 Å². The fraction of sp³-hybridized carbons (Fsp3) is 0.400. The standard InChI is InChI=1S/C20H25NS2/c1-3-5-8-16(4-2)15-21-17(19-9-6-13-22-19)11-12-18(21)20-10-7-14-23-20/h6-7,9-14,16H,3-5,8,15H2,1-2H3. The smallest absolute Gasteiger partial charge is 0.0587 e. The van der Waals surface area contributed by atoms with E-state index in [0.717, 1.165) is 12.5 Å². The van der Waals surface area contributed by atoms with Crippen molar-refractivity contribution in [3.8, 4) is 21.1 Å². The highest BCUT2D eigenvalue weighted by Crippen LogP contribution is 2.34. The third-order valence-electron chi connectivity index (χ3n) is 4.51. The SMILES string of the molecule is CCCCC(CC)Cn1c(-c2cccs2)ccc1-c1cccs1. The summed E-state index contributed by atoms with van der Waals surface area (Å²) < 4.78 is 2.56. The van der Waals surface area contributed by atoms with Gasteiger partial charge in [-0.1, -0.05) is 45.2 Å². The molecule has 0 aliphatic carbocycles. The van der Waals surface area contributed by atoms with E-state index in [9.17, 15) is 0 Å². The summed E-state index contributed by atoms with van der Waals surface area (Å²) in [6, 6.07) is 13.4. The molecule has 0 saturated carbocycles. The molecule has 0 spiro atoms. The number of hydrogen-bond acceptors (Lipinski definition) is 2. The first-order valence-corrected chi connectivity index (χ1v) is 10.4. The Hall–Kier alpha value is -1.32. The Bertz CT molecular complexity index is 640. The Morgan fingerprint density at radius 2 is 1.52 bits per heavy atom. The molecule has 3 heteroatoms. The predicted molar refractivity (Wildman–Crippen MR) is 104 cm³/mol. The van der Waals surface area contributed by atoms with Crippen LogP contribution in [0.5, 0.6) is 0 Å². The van der Waals surface area contributed by atoms with E-state index in [4.69, 9.17) is 0 Å². The predicted octanol–water partition coefficient (Wildman–Crippen LogP) is 7.16. The van der Waals surface area contributed by atoms with Crippen LogP contribution in [-0.4, -0.2) is 4.57 Å². The fourth-order valence-electron chi connectivity index (χ4n) is 3.12. The van der Waals surface area contributed by atoms with Crippen LogP contribution in [0.3, 0.4) is 0 Å². The molecule has 3 aromatic heterocycles. The minimum atomic E-state index is 0.764. The second kappa shape index (κ2) is 7.98. The third kappa shape index (κ3) is 3.78. The lowest BCUT2D eigenvalue weighted by Crippen LogP contribution is -2.12. The summed E-state index contributed by atoms with van der Waals surface area (Å²) in [7, 11) is 0. The van der Waals surface area contributed by atoms with Crippen LogP contribution in [0.2, 0.25) is 0 Å². The van der Waals surface area contributed by atoms with Gasteiger partial charge in [-0.15, -0.1) is 22.7 Å². The summed E-state index contributed by atoms with van der Waals surface area (Å²) in [4.78, 5) is 2.75. The van der Waals surface area contributed by atoms with Gasteiger partial charge in [-0.3, -0.25) is 0 Å². The zero-order valence-electron chi connectivity index (χ0n) is 14.0. The van der Waals surface area contributed by atoms with Crippen molar-refractivity contribution >= 4 is 22.7 Å². The van der Waals surface area contributed by atoms with Gasteiger partial charge in [-0.05, 0) is 47.4 Å². The molecule has 0 saturated heterocycles. The molecule has 0 N–H and O–H groups in total. The van der Waals surface area contributed by atoms with E-state index >= 15 is 0 Å². The normalized spacial score (nSPS) is 12.6. The maximum absolute atomic E-state index is 2.56. The van der Waals surface area contributed by atoms with Gasteiger partial charge in [-0.25, -0.2) is 0 Å². The number of unbranched alkanes of at least 4 members (excludes halogenated alkanes) is 1. The van der Waals surface area contributed by atoms with E-state index in [0.29, 0.717) is 0 Å². The summed E-state index contributed by atoms with van der Waals surface area (Å²) in [5.41, 5.74) is 2.75. The van der Waals surface area contributed by atoms with Crippen molar-refractivity contribution in [2.45, 2.75) is 46.1 Å². The molecule has 0 bridgehead atoms. The molecule has 3 heterocycles. The highest BCUT2D eigenvalue weighted by atomic mass is 32.1. The highest BCUT2D eigenvalue weighted by Gasteiger charge is 2.16. The van der Waals surface area contributed by atoms with Crippen molar-refractivity contribution < 1.29 is 0 Å². The number of hydrogen-bond donors (Lipinski definition) is 0. The first-order valence-electron chi connectivity index (χ1n) is 8.60. The molecule has 0 amide bonds. The molecule has 3 aromatic rings. The maximum Gasteiger partial charge on any atom is 0.0587 e. The van der Waals surface area contributed by atoms with Crippen LogP contribution < -0.4 is 0 Å². The van der Waals surface area contributed by atoms with Crippen molar-refractivity contribution in [3.05, 3.63) is 47.2 Å². The largest absolute Gasteiger partial charge is 0.339 e. The maximum atomic E-state index is 2.56. The molecule has 3 rings (SSSR count). The number of nitrogens with zero attached hydrogens (tertiary/aromatic N) is 1.